The molecule has 3 nitrogen and oxygen atoms in total. The van der Waals surface area contributed by atoms with Gasteiger partial charge in [-0.3, -0.25) is 0 Å². The average molecular weight is 594 g/mol. The van der Waals surface area contributed by atoms with Gasteiger partial charge in [-0.2, -0.15) is 0 Å². The third kappa shape index (κ3) is 3.97. The molecule has 0 amide bonds. The van der Waals surface area contributed by atoms with Crippen molar-refractivity contribution in [3.63, 3.8) is 0 Å². The number of rotatable bonds is 5. The summed E-state index contributed by atoms with van der Waals surface area (Å²) in [6.45, 7) is 0. The molecule has 0 bridgehead atoms. The van der Waals surface area contributed by atoms with Gasteiger partial charge in [0.15, 0.2) is 0 Å². The van der Waals surface area contributed by atoms with Crippen LogP contribution in [-0.2, 0) is 0 Å². The van der Waals surface area contributed by atoms with Crippen LogP contribution in [0, 0.1) is 5.82 Å². The fourth-order valence-corrected chi connectivity index (χ4v) is 7.06. The first-order chi connectivity index (χ1) is 22.8. The standard InChI is InChI=1S/C42H28FN3/c43-29-26-27-38-36(28-29)35-22-13-25-40(42(35)46(38)32-18-8-3-9-19-32)44(30-14-4-1-5-15-30)39-24-12-21-34-33-20-10-11-23-37(33)45(41(34)39)31-16-6-2-7-17-31/h1-28H. The van der Waals surface area contributed by atoms with E-state index in [1.54, 1.807) is 12.1 Å². The van der Waals surface area contributed by atoms with Gasteiger partial charge in [-0.25, -0.2) is 4.39 Å². The number of para-hydroxylation sites is 6. The molecule has 0 unspecified atom stereocenters. The minimum atomic E-state index is -0.248. The molecular formula is C42H28FN3. The van der Waals surface area contributed by atoms with Crippen LogP contribution >= 0.6 is 0 Å². The zero-order valence-corrected chi connectivity index (χ0v) is 24.9. The van der Waals surface area contributed by atoms with Gasteiger partial charge >= 0.3 is 0 Å². The number of aromatic nitrogens is 2. The van der Waals surface area contributed by atoms with Gasteiger partial charge in [0.25, 0.3) is 0 Å². The van der Waals surface area contributed by atoms with Crippen molar-refractivity contribution >= 4 is 60.7 Å². The first-order valence-electron chi connectivity index (χ1n) is 15.5. The summed E-state index contributed by atoms with van der Waals surface area (Å²) >= 11 is 0. The smallest absolute Gasteiger partial charge is 0.123 e. The lowest BCUT2D eigenvalue weighted by atomic mass is 10.1. The van der Waals surface area contributed by atoms with Crippen molar-refractivity contribution in [2.24, 2.45) is 0 Å². The number of halogens is 1. The van der Waals surface area contributed by atoms with Crippen LogP contribution in [0.5, 0.6) is 0 Å². The SMILES string of the molecule is Fc1ccc2c(c1)c1cccc(N(c3ccccc3)c3cccc4c5ccccc5n(-c5ccccc5)c34)c1n2-c1ccccc1. The van der Waals surface area contributed by atoms with E-state index in [4.69, 9.17) is 0 Å². The lowest BCUT2D eigenvalue weighted by Gasteiger charge is -2.28. The van der Waals surface area contributed by atoms with Gasteiger partial charge in [-0.05, 0) is 72.8 Å². The van der Waals surface area contributed by atoms with Crippen molar-refractivity contribution in [3.8, 4) is 11.4 Å². The highest BCUT2D eigenvalue weighted by Crippen LogP contribution is 2.47. The van der Waals surface area contributed by atoms with E-state index in [2.05, 4.69) is 141 Å². The van der Waals surface area contributed by atoms with Crippen LogP contribution in [0.1, 0.15) is 0 Å². The predicted octanol–water partition coefficient (Wildman–Crippen LogP) is 11.5. The molecule has 0 saturated carbocycles. The minimum Gasteiger partial charge on any atom is -0.307 e. The fraction of sp³-hybridized carbons (Fsp3) is 0. The van der Waals surface area contributed by atoms with Crippen molar-refractivity contribution in [2.45, 2.75) is 0 Å². The van der Waals surface area contributed by atoms with Crippen LogP contribution in [0.2, 0.25) is 0 Å². The number of anilines is 3. The Bertz CT molecular complexity index is 2530. The van der Waals surface area contributed by atoms with E-state index < -0.39 is 0 Å². The molecule has 0 N–H and O–H groups in total. The van der Waals surface area contributed by atoms with Crippen molar-refractivity contribution in [3.05, 3.63) is 176 Å². The number of hydrogen-bond acceptors (Lipinski definition) is 1. The second-order valence-corrected chi connectivity index (χ2v) is 11.5. The molecule has 4 heteroatoms. The third-order valence-corrected chi connectivity index (χ3v) is 8.93. The Morgan fingerprint density at radius 3 is 1.48 bits per heavy atom. The summed E-state index contributed by atoms with van der Waals surface area (Å²) in [5, 5.41) is 4.25. The molecular weight excluding hydrogens is 565 g/mol. The Balaban J connectivity index is 1.45. The topological polar surface area (TPSA) is 13.1 Å². The molecule has 0 saturated heterocycles. The summed E-state index contributed by atoms with van der Waals surface area (Å²) in [5.74, 6) is -0.248. The van der Waals surface area contributed by atoms with Crippen LogP contribution in [0.25, 0.3) is 55.0 Å². The van der Waals surface area contributed by atoms with Gasteiger partial charge in [0.05, 0.1) is 33.4 Å². The Kier molecular flexibility index (Phi) is 6.00. The van der Waals surface area contributed by atoms with Gasteiger partial charge < -0.3 is 14.0 Å². The summed E-state index contributed by atoms with van der Waals surface area (Å²) in [7, 11) is 0. The number of hydrogen-bond donors (Lipinski definition) is 0. The highest BCUT2D eigenvalue weighted by molar-refractivity contribution is 6.18. The first kappa shape index (κ1) is 26.3. The van der Waals surface area contributed by atoms with E-state index in [0.717, 1.165) is 61.3 Å². The van der Waals surface area contributed by atoms with E-state index in [0.29, 0.717) is 0 Å². The zero-order chi connectivity index (χ0) is 30.6. The molecule has 0 aliphatic carbocycles. The van der Waals surface area contributed by atoms with Crippen LogP contribution in [0.15, 0.2) is 170 Å². The van der Waals surface area contributed by atoms with E-state index in [-0.39, 0.29) is 5.82 Å². The summed E-state index contributed by atoms with van der Waals surface area (Å²) in [6.07, 6.45) is 0. The molecule has 46 heavy (non-hydrogen) atoms. The van der Waals surface area contributed by atoms with Gasteiger partial charge in [0.2, 0.25) is 0 Å². The highest BCUT2D eigenvalue weighted by atomic mass is 19.1. The van der Waals surface area contributed by atoms with Crippen molar-refractivity contribution < 1.29 is 4.39 Å². The van der Waals surface area contributed by atoms with Gasteiger partial charge in [0.1, 0.15) is 5.82 Å². The summed E-state index contributed by atoms with van der Waals surface area (Å²) in [6, 6.07) is 58.1. The number of benzene rings is 7. The molecule has 7 aromatic carbocycles. The Morgan fingerprint density at radius 1 is 0.391 bits per heavy atom. The van der Waals surface area contributed by atoms with E-state index in [1.807, 2.05) is 30.3 Å². The maximum Gasteiger partial charge on any atom is 0.123 e. The molecule has 0 fully saturated rings. The van der Waals surface area contributed by atoms with Crippen LogP contribution in [0.4, 0.5) is 21.5 Å². The van der Waals surface area contributed by atoms with Crippen molar-refractivity contribution in [1.29, 1.82) is 0 Å². The highest BCUT2D eigenvalue weighted by Gasteiger charge is 2.25. The molecule has 0 aliphatic rings. The molecule has 218 valence electrons. The number of fused-ring (bicyclic) bond motifs is 6. The van der Waals surface area contributed by atoms with Crippen molar-refractivity contribution in [2.75, 3.05) is 4.90 Å². The van der Waals surface area contributed by atoms with Gasteiger partial charge in [0, 0.05) is 38.6 Å². The lowest BCUT2D eigenvalue weighted by molar-refractivity contribution is 0.629. The Morgan fingerprint density at radius 2 is 0.870 bits per heavy atom. The summed E-state index contributed by atoms with van der Waals surface area (Å²) in [4.78, 5) is 2.36. The van der Waals surface area contributed by atoms with Gasteiger partial charge in [-0.1, -0.05) is 97.1 Å². The normalized spacial score (nSPS) is 11.6. The third-order valence-electron chi connectivity index (χ3n) is 8.93. The Labute approximate surface area is 265 Å². The number of nitrogens with zero attached hydrogens (tertiary/aromatic N) is 3. The van der Waals surface area contributed by atoms with E-state index in [1.165, 1.54) is 10.8 Å². The van der Waals surface area contributed by atoms with Gasteiger partial charge in [-0.15, -0.1) is 0 Å². The quantitative estimate of drug-likeness (QED) is 0.193. The largest absolute Gasteiger partial charge is 0.307 e. The van der Waals surface area contributed by atoms with Crippen molar-refractivity contribution in [1.82, 2.24) is 9.13 Å². The minimum absolute atomic E-state index is 0.248. The molecule has 9 rings (SSSR count). The molecule has 0 aliphatic heterocycles. The van der Waals surface area contributed by atoms with E-state index in [9.17, 15) is 4.39 Å². The molecule has 0 atom stereocenters. The lowest BCUT2D eigenvalue weighted by Crippen LogP contribution is -2.13. The first-order valence-corrected chi connectivity index (χ1v) is 15.5. The predicted molar refractivity (Wildman–Crippen MR) is 190 cm³/mol. The van der Waals surface area contributed by atoms with Crippen LogP contribution in [0.3, 0.4) is 0 Å². The van der Waals surface area contributed by atoms with Crippen LogP contribution < -0.4 is 4.90 Å². The monoisotopic (exact) mass is 593 g/mol. The second kappa shape index (κ2) is 10.5. The molecule has 2 aromatic heterocycles. The zero-order valence-electron chi connectivity index (χ0n) is 24.9. The summed E-state index contributed by atoms with van der Waals surface area (Å²) in [5.41, 5.74) is 9.43. The van der Waals surface area contributed by atoms with Crippen LogP contribution in [-0.4, -0.2) is 9.13 Å². The maximum absolute atomic E-state index is 14.8. The second-order valence-electron chi connectivity index (χ2n) is 11.5. The molecule has 2 heterocycles. The fourth-order valence-electron chi connectivity index (χ4n) is 7.06. The molecule has 0 spiro atoms. The molecule has 9 aromatic rings. The summed E-state index contributed by atoms with van der Waals surface area (Å²) < 4.78 is 19.5. The average Bonchev–Trinajstić information content (AvgIpc) is 3.63. The maximum atomic E-state index is 14.8. The van der Waals surface area contributed by atoms with E-state index >= 15 is 0 Å². The molecule has 0 radical (unpaired) electrons. The Hall–Kier alpha value is -6.13.